The van der Waals surface area contributed by atoms with Crippen molar-refractivity contribution in [1.82, 2.24) is 0 Å². The van der Waals surface area contributed by atoms with Gasteiger partial charge in [0.1, 0.15) is 0 Å². The first-order valence-corrected chi connectivity index (χ1v) is 6.29. The molecule has 0 aliphatic carbocycles. The van der Waals surface area contributed by atoms with Crippen molar-refractivity contribution in [2.24, 2.45) is 0 Å². The van der Waals surface area contributed by atoms with Gasteiger partial charge in [0.2, 0.25) is 0 Å². The molecule has 0 aliphatic rings. The molecule has 0 amide bonds. The van der Waals surface area contributed by atoms with Crippen LogP contribution in [0.15, 0.2) is 46.9 Å². The zero-order valence-corrected chi connectivity index (χ0v) is 11.5. The van der Waals surface area contributed by atoms with Gasteiger partial charge in [-0.1, -0.05) is 17.7 Å². The van der Waals surface area contributed by atoms with Crippen LogP contribution in [0.3, 0.4) is 0 Å². The van der Waals surface area contributed by atoms with Crippen LogP contribution in [0, 0.1) is 0 Å². The average Bonchev–Trinajstić information content (AvgIpc) is 2.36. The van der Waals surface area contributed by atoms with Crippen LogP contribution in [0.5, 0.6) is 0 Å². The lowest BCUT2D eigenvalue weighted by Gasteiger charge is -2.09. The zero-order valence-electron chi connectivity index (χ0n) is 9.15. The van der Waals surface area contributed by atoms with Crippen LogP contribution in [0.2, 0.25) is 5.02 Å². The number of hydrogen-bond donors (Lipinski definition) is 2. The van der Waals surface area contributed by atoms with E-state index in [4.69, 9.17) is 16.7 Å². The molecular formula is C13H9BrClNO2. The molecule has 0 fully saturated rings. The molecule has 3 nitrogen and oxygen atoms in total. The molecule has 0 unspecified atom stereocenters. The normalized spacial score (nSPS) is 10.1. The zero-order chi connectivity index (χ0) is 13.1. The summed E-state index contributed by atoms with van der Waals surface area (Å²) in [6.07, 6.45) is 0. The molecule has 0 saturated carbocycles. The molecule has 0 aliphatic heterocycles. The molecule has 0 bridgehead atoms. The SMILES string of the molecule is O=C(O)c1ccc(Nc2cccc(Cl)c2Br)cc1. The van der Waals surface area contributed by atoms with Crippen molar-refractivity contribution in [1.29, 1.82) is 0 Å². The summed E-state index contributed by atoms with van der Waals surface area (Å²) in [5, 5.41) is 12.6. The monoisotopic (exact) mass is 325 g/mol. The predicted molar refractivity (Wildman–Crippen MR) is 75.8 cm³/mol. The Morgan fingerprint density at radius 2 is 1.83 bits per heavy atom. The van der Waals surface area contributed by atoms with Crippen molar-refractivity contribution in [3.63, 3.8) is 0 Å². The van der Waals surface area contributed by atoms with Crippen LogP contribution >= 0.6 is 27.5 Å². The number of rotatable bonds is 3. The standard InChI is InChI=1S/C13H9BrClNO2/c14-12-10(15)2-1-3-11(12)16-9-6-4-8(5-7-9)13(17)18/h1-7,16H,(H,17,18). The smallest absolute Gasteiger partial charge is 0.335 e. The summed E-state index contributed by atoms with van der Waals surface area (Å²) in [5.74, 6) is -0.939. The third-order valence-corrected chi connectivity index (χ3v) is 3.76. The van der Waals surface area contributed by atoms with Gasteiger partial charge < -0.3 is 10.4 Å². The number of hydrogen-bond acceptors (Lipinski definition) is 2. The highest BCUT2D eigenvalue weighted by atomic mass is 79.9. The van der Waals surface area contributed by atoms with Crippen LogP contribution in [0.4, 0.5) is 11.4 Å². The van der Waals surface area contributed by atoms with Crippen LogP contribution in [-0.4, -0.2) is 11.1 Å². The van der Waals surface area contributed by atoms with Gasteiger partial charge in [-0.25, -0.2) is 4.79 Å². The highest BCUT2D eigenvalue weighted by Gasteiger charge is 2.05. The minimum atomic E-state index is -0.939. The molecule has 92 valence electrons. The lowest BCUT2D eigenvalue weighted by atomic mass is 10.2. The molecule has 0 radical (unpaired) electrons. The topological polar surface area (TPSA) is 49.3 Å². The molecule has 2 aromatic rings. The Hall–Kier alpha value is -1.52. The number of carboxylic acid groups (broad SMARTS) is 1. The third kappa shape index (κ3) is 2.83. The van der Waals surface area contributed by atoms with Gasteiger partial charge in [-0.3, -0.25) is 0 Å². The highest BCUT2D eigenvalue weighted by molar-refractivity contribution is 9.10. The van der Waals surface area contributed by atoms with Crippen LogP contribution in [0.1, 0.15) is 10.4 Å². The first kappa shape index (κ1) is 12.9. The van der Waals surface area contributed by atoms with Gasteiger partial charge >= 0.3 is 5.97 Å². The van der Waals surface area contributed by atoms with Gasteiger partial charge in [0.15, 0.2) is 0 Å². The fraction of sp³-hybridized carbons (Fsp3) is 0. The first-order chi connectivity index (χ1) is 8.58. The quantitative estimate of drug-likeness (QED) is 0.870. The first-order valence-electron chi connectivity index (χ1n) is 5.12. The number of nitrogens with one attached hydrogen (secondary N) is 1. The second-order valence-corrected chi connectivity index (χ2v) is 4.81. The van der Waals surface area contributed by atoms with Crippen molar-refractivity contribution in [2.45, 2.75) is 0 Å². The van der Waals surface area contributed by atoms with Crippen LogP contribution in [0.25, 0.3) is 0 Å². The molecule has 2 N–H and O–H groups in total. The largest absolute Gasteiger partial charge is 0.478 e. The minimum Gasteiger partial charge on any atom is -0.478 e. The lowest BCUT2D eigenvalue weighted by Crippen LogP contribution is -1.97. The fourth-order valence-corrected chi connectivity index (χ4v) is 1.99. The number of carbonyl (C=O) groups is 1. The van der Waals surface area contributed by atoms with Gasteiger partial charge in [0.05, 0.1) is 20.7 Å². The highest BCUT2D eigenvalue weighted by Crippen LogP contribution is 2.32. The molecule has 0 aromatic heterocycles. The number of carboxylic acids is 1. The van der Waals surface area contributed by atoms with E-state index in [9.17, 15) is 4.79 Å². The number of benzene rings is 2. The van der Waals surface area contributed by atoms with Crippen molar-refractivity contribution in [3.8, 4) is 0 Å². The molecular weight excluding hydrogens is 318 g/mol. The summed E-state index contributed by atoms with van der Waals surface area (Å²) in [6, 6.07) is 12.0. The maximum Gasteiger partial charge on any atom is 0.335 e. The van der Waals surface area contributed by atoms with Crippen molar-refractivity contribution >= 4 is 44.9 Å². The summed E-state index contributed by atoms with van der Waals surface area (Å²) in [6.45, 7) is 0. The Kier molecular flexibility index (Phi) is 3.89. The van der Waals surface area contributed by atoms with Gasteiger partial charge in [0, 0.05) is 5.69 Å². The second kappa shape index (κ2) is 5.42. The van der Waals surface area contributed by atoms with Crippen molar-refractivity contribution in [3.05, 3.63) is 57.5 Å². The van der Waals surface area contributed by atoms with E-state index in [0.717, 1.165) is 15.8 Å². The van der Waals surface area contributed by atoms with E-state index < -0.39 is 5.97 Å². The van der Waals surface area contributed by atoms with Gasteiger partial charge in [0.25, 0.3) is 0 Å². The second-order valence-electron chi connectivity index (χ2n) is 3.61. The lowest BCUT2D eigenvalue weighted by molar-refractivity contribution is 0.0697. The Morgan fingerprint density at radius 3 is 2.44 bits per heavy atom. The van der Waals surface area contributed by atoms with E-state index >= 15 is 0 Å². The van der Waals surface area contributed by atoms with E-state index in [1.165, 1.54) is 0 Å². The number of halogens is 2. The van der Waals surface area contributed by atoms with E-state index in [1.54, 1.807) is 30.3 Å². The van der Waals surface area contributed by atoms with E-state index in [2.05, 4.69) is 21.2 Å². The Labute approximate surface area is 118 Å². The van der Waals surface area contributed by atoms with E-state index in [-0.39, 0.29) is 5.56 Å². The molecule has 0 spiro atoms. The predicted octanol–water partition coefficient (Wildman–Crippen LogP) is 4.54. The summed E-state index contributed by atoms with van der Waals surface area (Å²) < 4.78 is 0.772. The van der Waals surface area contributed by atoms with Gasteiger partial charge in [-0.15, -0.1) is 0 Å². The summed E-state index contributed by atoms with van der Waals surface area (Å²) in [4.78, 5) is 10.7. The van der Waals surface area contributed by atoms with Crippen molar-refractivity contribution < 1.29 is 9.90 Å². The molecule has 5 heteroatoms. The summed E-state index contributed by atoms with van der Waals surface area (Å²) >= 11 is 9.37. The minimum absolute atomic E-state index is 0.255. The fourth-order valence-electron chi connectivity index (χ4n) is 1.45. The maximum absolute atomic E-state index is 10.7. The van der Waals surface area contributed by atoms with Crippen LogP contribution < -0.4 is 5.32 Å². The molecule has 0 atom stereocenters. The molecule has 0 heterocycles. The Balaban J connectivity index is 2.24. The van der Waals surface area contributed by atoms with Crippen molar-refractivity contribution in [2.75, 3.05) is 5.32 Å². The third-order valence-electron chi connectivity index (χ3n) is 2.36. The van der Waals surface area contributed by atoms with E-state index in [0.29, 0.717) is 5.02 Å². The number of anilines is 2. The average molecular weight is 327 g/mol. The van der Waals surface area contributed by atoms with Crippen LogP contribution in [-0.2, 0) is 0 Å². The summed E-state index contributed by atoms with van der Waals surface area (Å²) in [5.41, 5.74) is 1.87. The van der Waals surface area contributed by atoms with E-state index in [1.807, 2.05) is 12.1 Å². The Bertz CT molecular complexity index is 584. The molecule has 0 saturated heterocycles. The molecule has 2 rings (SSSR count). The maximum atomic E-state index is 10.7. The van der Waals surface area contributed by atoms with Gasteiger partial charge in [-0.2, -0.15) is 0 Å². The molecule has 18 heavy (non-hydrogen) atoms. The Morgan fingerprint density at radius 1 is 1.17 bits per heavy atom. The number of aromatic carboxylic acids is 1. The molecule has 2 aromatic carbocycles. The van der Waals surface area contributed by atoms with Gasteiger partial charge in [-0.05, 0) is 52.3 Å². The summed E-state index contributed by atoms with van der Waals surface area (Å²) in [7, 11) is 0.